The molecular formula is C14H12ClF3N2. The lowest BCUT2D eigenvalue weighted by atomic mass is 10.0. The molecule has 0 amide bonds. The van der Waals surface area contributed by atoms with Gasteiger partial charge >= 0.3 is 6.18 Å². The third kappa shape index (κ3) is 3.49. The number of halogens is 4. The van der Waals surface area contributed by atoms with E-state index < -0.39 is 17.8 Å². The van der Waals surface area contributed by atoms with Crippen LogP contribution in [0.15, 0.2) is 42.6 Å². The van der Waals surface area contributed by atoms with E-state index >= 15 is 0 Å². The lowest BCUT2D eigenvalue weighted by Crippen LogP contribution is -2.15. The van der Waals surface area contributed by atoms with Gasteiger partial charge in [0.2, 0.25) is 0 Å². The molecule has 2 rings (SSSR count). The highest BCUT2D eigenvalue weighted by Crippen LogP contribution is 2.29. The average Bonchev–Trinajstić information content (AvgIpc) is 2.38. The molecule has 6 heteroatoms. The molecule has 0 spiro atoms. The molecular weight excluding hydrogens is 289 g/mol. The number of alkyl halides is 3. The predicted octanol–water partition coefficient (Wildman–Crippen LogP) is 4.00. The van der Waals surface area contributed by atoms with Gasteiger partial charge in [0.25, 0.3) is 0 Å². The summed E-state index contributed by atoms with van der Waals surface area (Å²) in [6.45, 7) is 0. The second kappa shape index (κ2) is 5.81. The third-order valence-electron chi connectivity index (χ3n) is 2.88. The van der Waals surface area contributed by atoms with Gasteiger partial charge in [-0.3, -0.25) is 4.98 Å². The van der Waals surface area contributed by atoms with Crippen LogP contribution in [-0.4, -0.2) is 4.98 Å². The van der Waals surface area contributed by atoms with Gasteiger partial charge in [-0.1, -0.05) is 23.7 Å². The first kappa shape index (κ1) is 14.8. The summed E-state index contributed by atoms with van der Waals surface area (Å²) in [7, 11) is 0. The van der Waals surface area contributed by atoms with Crippen LogP contribution in [0.25, 0.3) is 0 Å². The van der Waals surface area contributed by atoms with E-state index in [9.17, 15) is 13.2 Å². The molecule has 1 heterocycles. The first-order chi connectivity index (χ1) is 9.38. The van der Waals surface area contributed by atoms with Crippen molar-refractivity contribution in [3.63, 3.8) is 0 Å². The second-order valence-electron chi connectivity index (χ2n) is 4.38. The van der Waals surface area contributed by atoms with Crippen molar-refractivity contribution in [3.05, 3.63) is 64.4 Å². The van der Waals surface area contributed by atoms with Crippen molar-refractivity contribution in [1.29, 1.82) is 0 Å². The smallest absolute Gasteiger partial charge is 0.322 e. The molecule has 1 unspecified atom stereocenters. The summed E-state index contributed by atoms with van der Waals surface area (Å²) in [4.78, 5) is 4.09. The molecule has 1 aromatic heterocycles. The summed E-state index contributed by atoms with van der Waals surface area (Å²) >= 11 is 5.98. The largest absolute Gasteiger partial charge is 0.416 e. The van der Waals surface area contributed by atoms with E-state index in [2.05, 4.69) is 4.98 Å². The number of rotatable bonds is 3. The fourth-order valence-electron chi connectivity index (χ4n) is 1.85. The van der Waals surface area contributed by atoms with E-state index in [0.29, 0.717) is 22.7 Å². The Morgan fingerprint density at radius 3 is 2.35 bits per heavy atom. The maximum atomic E-state index is 12.4. The van der Waals surface area contributed by atoms with Crippen molar-refractivity contribution < 1.29 is 13.2 Å². The van der Waals surface area contributed by atoms with E-state index in [0.717, 1.165) is 12.1 Å². The second-order valence-corrected chi connectivity index (χ2v) is 4.78. The van der Waals surface area contributed by atoms with Crippen LogP contribution in [0, 0.1) is 0 Å². The van der Waals surface area contributed by atoms with Crippen LogP contribution in [0.1, 0.15) is 22.9 Å². The van der Waals surface area contributed by atoms with Crippen molar-refractivity contribution in [3.8, 4) is 0 Å². The predicted molar refractivity (Wildman–Crippen MR) is 71.3 cm³/mol. The normalized spacial score (nSPS) is 13.2. The highest BCUT2D eigenvalue weighted by atomic mass is 35.5. The number of hydrogen-bond donors (Lipinski definition) is 1. The number of pyridine rings is 1. The summed E-state index contributed by atoms with van der Waals surface area (Å²) in [6.07, 6.45) is -2.38. The molecule has 2 aromatic rings. The molecule has 0 saturated heterocycles. The van der Waals surface area contributed by atoms with Crippen LogP contribution in [0.3, 0.4) is 0 Å². The fraction of sp³-hybridized carbons (Fsp3) is 0.214. The average molecular weight is 301 g/mol. The molecule has 0 aliphatic rings. The van der Waals surface area contributed by atoms with E-state index in [4.69, 9.17) is 17.3 Å². The summed E-state index contributed by atoms with van der Waals surface area (Å²) < 4.78 is 37.3. The minimum atomic E-state index is -4.33. The number of benzene rings is 1. The van der Waals surface area contributed by atoms with Crippen LogP contribution < -0.4 is 5.73 Å². The molecule has 1 aromatic carbocycles. The van der Waals surface area contributed by atoms with Crippen LogP contribution in [0.4, 0.5) is 13.2 Å². The van der Waals surface area contributed by atoms with E-state index in [-0.39, 0.29) is 0 Å². The van der Waals surface area contributed by atoms with Crippen molar-refractivity contribution in [2.75, 3.05) is 0 Å². The van der Waals surface area contributed by atoms with E-state index in [1.807, 2.05) is 0 Å². The summed E-state index contributed by atoms with van der Waals surface area (Å²) in [6, 6.07) is 7.83. The molecule has 1 atom stereocenters. The van der Waals surface area contributed by atoms with Gasteiger partial charge in [-0.15, -0.1) is 0 Å². The summed E-state index contributed by atoms with van der Waals surface area (Å²) in [5, 5.41) is 0.451. The topological polar surface area (TPSA) is 38.9 Å². The van der Waals surface area contributed by atoms with Crippen molar-refractivity contribution in [1.82, 2.24) is 4.98 Å². The fourth-order valence-corrected chi connectivity index (χ4v) is 2.11. The Labute approximate surface area is 119 Å². The molecule has 2 nitrogen and oxygen atoms in total. The van der Waals surface area contributed by atoms with Crippen LogP contribution in [-0.2, 0) is 12.6 Å². The molecule has 2 N–H and O–H groups in total. The SMILES string of the molecule is NC(Cc1ccc(C(F)(F)F)cc1)c1ncccc1Cl. The zero-order chi connectivity index (χ0) is 14.8. The highest BCUT2D eigenvalue weighted by molar-refractivity contribution is 6.31. The van der Waals surface area contributed by atoms with Gasteiger partial charge in [-0.05, 0) is 36.2 Å². The molecule has 0 aliphatic carbocycles. The number of nitrogens with two attached hydrogens (primary N) is 1. The van der Waals surface area contributed by atoms with Gasteiger partial charge in [-0.25, -0.2) is 0 Å². The molecule has 0 aliphatic heterocycles. The van der Waals surface area contributed by atoms with Crippen LogP contribution in [0.5, 0.6) is 0 Å². The van der Waals surface area contributed by atoms with Gasteiger partial charge in [0, 0.05) is 6.20 Å². The number of hydrogen-bond acceptors (Lipinski definition) is 2. The number of aromatic nitrogens is 1. The third-order valence-corrected chi connectivity index (χ3v) is 3.19. The maximum absolute atomic E-state index is 12.4. The van der Waals surface area contributed by atoms with Gasteiger partial charge in [0.15, 0.2) is 0 Å². The molecule has 0 radical (unpaired) electrons. The van der Waals surface area contributed by atoms with Gasteiger partial charge in [0.1, 0.15) is 0 Å². The van der Waals surface area contributed by atoms with Crippen LogP contribution in [0.2, 0.25) is 5.02 Å². The Balaban J connectivity index is 2.13. The molecule has 0 saturated carbocycles. The van der Waals surface area contributed by atoms with Crippen molar-refractivity contribution >= 4 is 11.6 Å². The van der Waals surface area contributed by atoms with Gasteiger partial charge in [-0.2, -0.15) is 13.2 Å². The lowest BCUT2D eigenvalue weighted by Gasteiger charge is -2.13. The van der Waals surface area contributed by atoms with Gasteiger partial charge in [0.05, 0.1) is 22.3 Å². The molecule has 20 heavy (non-hydrogen) atoms. The standard InChI is InChI=1S/C14H12ClF3N2/c15-11-2-1-7-20-13(11)12(19)8-9-3-5-10(6-4-9)14(16,17)18/h1-7,12H,8,19H2. The first-order valence-corrected chi connectivity index (χ1v) is 6.28. The quantitative estimate of drug-likeness (QED) is 0.930. The minimum Gasteiger partial charge on any atom is -0.322 e. The molecule has 0 fully saturated rings. The lowest BCUT2D eigenvalue weighted by molar-refractivity contribution is -0.137. The van der Waals surface area contributed by atoms with Gasteiger partial charge < -0.3 is 5.73 Å². The Hall–Kier alpha value is -1.59. The molecule has 106 valence electrons. The first-order valence-electron chi connectivity index (χ1n) is 5.90. The zero-order valence-electron chi connectivity index (χ0n) is 10.4. The Bertz CT molecular complexity index is 582. The minimum absolute atomic E-state index is 0.370. The molecule has 0 bridgehead atoms. The number of nitrogens with zero attached hydrogens (tertiary/aromatic N) is 1. The maximum Gasteiger partial charge on any atom is 0.416 e. The zero-order valence-corrected chi connectivity index (χ0v) is 11.1. The Morgan fingerprint density at radius 2 is 1.80 bits per heavy atom. The monoisotopic (exact) mass is 300 g/mol. The van der Waals surface area contributed by atoms with Crippen LogP contribution >= 0.6 is 11.6 Å². The van der Waals surface area contributed by atoms with E-state index in [1.165, 1.54) is 12.1 Å². The van der Waals surface area contributed by atoms with Crippen molar-refractivity contribution in [2.45, 2.75) is 18.6 Å². The van der Waals surface area contributed by atoms with Crippen molar-refractivity contribution in [2.24, 2.45) is 5.73 Å². The van der Waals surface area contributed by atoms with E-state index in [1.54, 1.807) is 18.3 Å². The highest BCUT2D eigenvalue weighted by Gasteiger charge is 2.30. The Morgan fingerprint density at radius 1 is 1.15 bits per heavy atom. The summed E-state index contributed by atoms with van der Waals surface area (Å²) in [5.41, 5.74) is 6.54. The summed E-state index contributed by atoms with van der Waals surface area (Å²) in [5.74, 6) is 0. The Kier molecular flexibility index (Phi) is 4.30.